The summed E-state index contributed by atoms with van der Waals surface area (Å²) in [7, 11) is 0. The SMILES string of the molecule is C=CCN(CCCN(CCO)CCO)[C@@H](CC(=O)O)C(=O)O. The van der Waals surface area contributed by atoms with Gasteiger partial charge in [0.2, 0.25) is 0 Å². The second-order valence-electron chi connectivity index (χ2n) is 4.88. The first-order valence-electron chi connectivity index (χ1n) is 7.19. The Morgan fingerprint density at radius 2 is 1.64 bits per heavy atom. The third kappa shape index (κ3) is 8.73. The topological polar surface area (TPSA) is 122 Å². The van der Waals surface area contributed by atoms with Gasteiger partial charge in [-0.1, -0.05) is 6.08 Å². The van der Waals surface area contributed by atoms with Crippen molar-refractivity contribution >= 4 is 11.9 Å². The minimum atomic E-state index is -1.17. The van der Waals surface area contributed by atoms with Crippen LogP contribution >= 0.6 is 0 Å². The van der Waals surface area contributed by atoms with Crippen molar-refractivity contribution in [3.05, 3.63) is 12.7 Å². The molecule has 0 heterocycles. The fourth-order valence-electron chi connectivity index (χ4n) is 2.19. The molecule has 0 aliphatic rings. The Morgan fingerprint density at radius 3 is 2.05 bits per heavy atom. The molecule has 128 valence electrons. The van der Waals surface area contributed by atoms with Crippen molar-refractivity contribution in [3.63, 3.8) is 0 Å². The zero-order chi connectivity index (χ0) is 17.0. The standard InChI is InChI=1S/C14H26N2O6/c1-2-4-16(12(14(21)22)11-13(19)20)6-3-5-15(7-9-17)8-10-18/h2,12,17-18H,1,3-11H2,(H,19,20)(H,21,22)/t12-/m0/s1. The Balaban J connectivity index is 4.56. The molecule has 0 unspecified atom stereocenters. The summed E-state index contributed by atoms with van der Waals surface area (Å²) in [5, 5.41) is 35.9. The summed E-state index contributed by atoms with van der Waals surface area (Å²) in [5.41, 5.74) is 0. The summed E-state index contributed by atoms with van der Waals surface area (Å²) >= 11 is 0. The lowest BCUT2D eigenvalue weighted by atomic mass is 10.1. The van der Waals surface area contributed by atoms with E-state index < -0.39 is 24.4 Å². The molecule has 0 spiro atoms. The Labute approximate surface area is 130 Å². The fraction of sp³-hybridized carbons (Fsp3) is 0.714. The van der Waals surface area contributed by atoms with Gasteiger partial charge >= 0.3 is 11.9 Å². The molecule has 0 aromatic rings. The van der Waals surface area contributed by atoms with Crippen LogP contribution in [-0.4, -0.2) is 94.1 Å². The van der Waals surface area contributed by atoms with E-state index in [4.69, 9.17) is 15.3 Å². The minimum Gasteiger partial charge on any atom is -0.481 e. The van der Waals surface area contributed by atoms with Crippen molar-refractivity contribution in [2.45, 2.75) is 18.9 Å². The second-order valence-corrected chi connectivity index (χ2v) is 4.88. The summed E-state index contributed by atoms with van der Waals surface area (Å²) < 4.78 is 0. The number of rotatable bonds is 14. The van der Waals surface area contributed by atoms with Gasteiger partial charge in [-0.2, -0.15) is 0 Å². The van der Waals surface area contributed by atoms with Gasteiger partial charge in [0, 0.05) is 26.2 Å². The summed E-state index contributed by atoms with van der Waals surface area (Å²) in [5.74, 6) is -2.34. The molecule has 0 saturated heterocycles. The van der Waals surface area contributed by atoms with Crippen LogP contribution in [0.4, 0.5) is 0 Å². The van der Waals surface area contributed by atoms with Crippen LogP contribution in [0.15, 0.2) is 12.7 Å². The molecule has 0 bridgehead atoms. The van der Waals surface area contributed by atoms with Gasteiger partial charge < -0.3 is 20.4 Å². The number of aliphatic hydroxyl groups is 2. The van der Waals surface area contributed by atoms with Crippen LogP contribution in [0.3, 0.4) is 0 Å². The van der Waals surface area contributed by atoms with Crippen LogP contribution in [0.5, 0.6) is 0 Å². The first-order valence-corrected chi connectivity index (χ1v) is 7.19. The largest absolute Gasteiger partial charge is 0.481 e. The molecule has 0 aliphatic carbocycles. The third-order valence-electron chi connectivity index (χ3n) is 3.21. The molecule has 22 heavy (non-hydrogen) atoms. The molecule has 1 atom stereocenters. The third-order valence-corrected chi connectivity index (χ3v) is 3.21. The van der Waals surface area contributed by atoms with Crippen molar-refractivity contribution in [1.82, 2.24) is 9.80 Å². The number of aliphatic carboxylic acids is 2. The van der Waals surface area contributed by atoms with Crippen LogP contribution < -0.4 is 0 Å². The van der Waals surface area contributed by atoms with Gasteiger partial charge in [0.05, 0.1) is 19.6 Å². The van der Waals surface area contributed by atoms with Gasteiger partial charge in [-0.25, -0.2) is 0 Å². The van der Waals surface area contributed by atoms with Crippen LogP contribution in [-0.2, 0) is 9.59 Å². The number of carboxylic acid groups (broad SMARTS) is 2. The number of carboxylic acids is 2. The van der Waals surface area contributed by atoms with Gasteiger partial charge in [0.1, 0.15) is 6.04 Å². The Hall–Kier alpha value is -1.48. The highest BCUT2D eigenvalue weighted by Crippen LogP contribution is 2.07. The van der Waals surface area contributed by atoms with E-state index in [9.17, 15) is 14.7 Å². The van der Waals surface area contributed by atoms with Crippen molar-refractivity contribution < 1.29 is 30.0 Å². The molecule has 0 amide bonds. The molecule has 0 radical (unpaired) electrons. The zero-order valence-corrected chi connectivity index (χ0v) is 12.7. The van der Waals surface area contributed by atoms with Gasteiger partial charge in [0.25, 0.3) is 0 Å². The van der Waals surface area contributed by atoms with E-state index in [1.807, 2.05) is 4.90 Å². The van der Waals surface area contributed by atoms with E-state index in [1.165, 1.54) is 6.08 Å². The number of carbonyl (C=O) groups is 2. The number of aliphatic hydroxyl groups excluding tert-OH is 2. The summed E-state index contributed by atoms with van der Waals surface area (Å²) in [6.07, 6.45) is 1.66. The molecule has 8 heteroatoms. The highest BCUT2D eigenvalue weighted by Gasteiger charge is 2.27. The average Bonchev–Trinajstić information content (AvgIpc) is 2.44. The van der Waals surface area contributed by atoms with Crippen molar-refractivity contribution in [1.29, 1.82) is 0 Å². The van der Waals surface area contributed by atoms with Crippen molar-refractivity contribution in [2.75, 3.05) is 45.9 Å². The smallest absolute Gasteiger partial charge is 0.321 e. The van der Waals surface area contributed by atoms with Crippen LogP contribution in [0, 0.1) is 0 Å². The van der Waals surface area contributed by atoms with E-state index in [-0.39, 0.29) is 19.8 Å². The maximum Gasteiger partial charge on any atom is 0.321 e. The summed E-state index contributed by atoms with van der Waals surface area (Å²) in [6, 6.07) is -1.10. The maximum atomic E-state index is 11.2. The van der Waals surface area contributed by atoms with Gasteiger partial charge in [-0.3, -0.25) is 19.4 Å². The van der Waals surface area contributed by atoms with Crippen LogP contribution in [0.1, 0.15) is 12.8 Å². The quantitative estimate of drug-likeness (QED) is 0.303. The Kier molecular flexibility index (Phi) is 11.3. The Bertz CT molecular complexity index is 344. The lowest BCUT2D eigenvalue weighted by Crippen LogP contribution is -2.44. The summed E-state index contributed by atoms with van der Waals surface area (Å²) in [4.78, 5) is 25.4. The number of hydrogen-bond donors (Lipinski definition) is 4. The zero-order valence-electron chi connectivity index (χ0n) is 12.7. The van der Waals surface area contributed by atoms with Crippen LogP contribution in [0.25, 0.3) is 0 Å². The molecule has 0 saturated carbocycles. The van der Waals surface area contributed by atoms with Gasteiger partial charge in [-0.15, -0.1) is 6.58 Å². The van der Waals surface area contributed by atoms with E-state index >= 15 is 0 Å². The van der Waals surface area contributed by atoms with Crippen LogP contribution in [0.2, 0.25) is 0 Å². The second kappa shape index (κ2) is 12.1. The Morgan fingerprint density at radius 1 is 1.05 bits per heavy atom. The van der Waals surface area contributed by atoms with E-state index in [1.54, 1.807) is 4.90 Å². The van der Waals surface area contributed by atoms with Gasteiger partial charge in [0.15, 0.2) is 0 Å². The fourth-order valence-corrected chi connectivity index (χ4v) is 2.19. The predicted octanol–water partition coefficient (Wildman–Crippen LogP) is -0.921. The van der Waals surface area contributed by atoms with E-state index in [2.05, 4.69) is 6.58 Å². The average molecular weight is 318 g/mol. The van der Waals surface area contributed by atoms with Gasteiger partial charge in [-0.05, 0) is 13.0 Å². The first-order chi connectivity index (χ1) is 10.5. The summed E-state index contributed by atoms with van der Waals surface area (Å²) in [6.45, 7) is 5.64. The predicted molar refractivity (Wildman–Crippen MR) is 80.7 cm³/mol. The molecular weight excluding hydrogens is 292 g/mol. The number of hydrogen-bond acceptors (Lipinski definition) is 6. The molecule has 0 rings (SSSR count). The molecule has 0 aromatic heterocycles. The first kappa shape index (κ1) is 20.5. The van der Waals surface area contributed by atoms with E-state index in [0.29, 0.717) is 32.6 Å². The normalized spacial score (nSPS) is 12.5. The molecule has 0 fully saturated rings. The molecular formula is C14H26N2O6. The maximum absolute atomic E-state index is 11.2. The van der Waals surface area contributed by atoms with E-state index in [0.717, 1.165) is 0 Å². The highest BCUT2D eigenvalue weighted by atomic mass is 16.4. The minimum absolute atomic E-state index is 0.0207. The molecule has 4 N–H and O–H groups in total. The monoisotopic (exact) mass is 318 g/mol. The molecule has 8 nitrogen and oxygen atoms in total. The lowest BCUT2D eigenvalue weighted by molar-refractivity contribution is -0.149. The molecule has 0 aliphatic heterocycles. The van der Waals surface area contributed by atoms with Crippen molar-refractivity contribution in [3.8, 4) is 0 Å². The molecule has 0 aromatic carbocycles. The lowest BCUT2D eigenvalue weighted by Gasteiger charge is -2.28. The highest BCUT2D eigenvalue weighted by molar-refractivity contribution is 5.80. The number of nitrogens with zero attached hydrogens (tertiary/aromatic N) is 2. The van der Waals surface area contributed by atoms with Crippen molar-refractivity contribution in [2.24, 2.45) is 0 Å².